The molecule has 0 radical (unpaired) electrons. The van der Waals surface area contributed by atoms with Crippen LogP contribution in [-0.2, 0) is 26.2 Å². The van der Waals surface area contributed by atoms with Gasteiger partial charge >= 0.3 is 18.1 Å². The van der Waals surface area contributed by atoms with Crippen molar-refractivity contribution in [3.05, 3.63) is 22.3 Å². The molecule has 2 aromatic heterocycles. The van der Waals surface area contributed by atoms with Gasteiger partial charge in [-0.2, -0.15) is 0 Å². The molecule has 4 N–H and O–H groups in total. The van der Waals surface area contributed by atoms with E-state index >= 15 is 0 Å². The van der Waals surface area contributed by atoms with Crippen molar-refractivity contribution in [3.8, 4) is 0 Å². The maximum Gasteiger partial charge on any atom is 0.413 e. The number of fused-ring (bicyclic) bond motifs is 1. The molecule has 1 unspecified atom stereocenters. The lowest BCUT2D eigenvalue weighted by atomic mass is 10.0. The number of nitrogens with zero attached hydrogens (tertiary/aromatic N) is 8. The number of tetrazole rings is 1. The second-order valence-electron chi connectivity index (χ2n) is 10.5. The molecule has 0 aliphatic carbocycles. The number of amides is 5. The Morgan fingerprint density at radius 2 is 2.07 bits per heavy atom. The van der Waals surface area contributed by atoms with E-state index in [0.717, 1.165) is 26.3 Å². The highest BCUT2D eigenvalue weighted by Gasteiger charge is 2.59. The number of carbonyl (C=O) groups is 5. The summed E-state index contributed by atoms with van der Waals surface area (Å²) in [5.74, 6) is -2.59. The number of rotatable bonds is 9. The van der Waals surface area contributed by atoms with Gasteiger partial charge in [0.2, 0.25) is 5.16 Å². The normalized spacial score (nSPS) is 19.7. The van der Waals surface area contributed by atoms with Gasteiger partial charge in [0.25, 0.3) is 11.8 Å². The first-order chi connectivity index (χ1) is 20.8. The van der Waals surface area contributed by atoms with Crippen LogP contribution in [0.1, 0.15) is 26.5 Å². The van der Waals surface area contributed by atoms with Crippen LogP contribution in [0.4, 0.5) is 14.7 Å². The Kier molecular flexibility index (Phi) is 8.53. The van der Waals surface area contributed by atoms with E-state index in [9.17, 15) is 29.1 Å². The second-order valence-corrected chi connectivity index (χ2v) is 13.4. The van der Waals surface area contributed by atoms with Crippen molar-refractivity contribution in [2.24, 2.45) is 7.05 Å². The van der Waals surface area contributed by atoms with E-state index in [2.05, 4.69) is 31.1 Å². The molecule has 3 aliphatic heterocycles. The van der Waals surface area contributed by atoms with Crippen molar-refractivity contribution in [3.63, 3.8) is 0 Å². The zero-order valence-electron chi connectivity index (χ0n) is 23.8. The molecule has 44 heavy (non-hydrogen) atoms. The first kappa shape index (κ1) is 31.2. The fourth-order valence-corrected chi connectivity index (χ4v) is 7.54. The Labute approximate surface area is 262 Å². The number of nitrogens with one attached hydrogen (secondary N) is 3. The SMILES string of the molecule is Cn1nnnc1SCC1=C(C(=O)O)N2C(=O)C(N(C(=O)C(=N)c3csc(NC(=O)OC(C)(C)C)n3)N3CCNC3=O)[C@H]2SC1. The summed E-state index contributed by atoms with van der Waals surface area (Å²) in [5.41, 5.74) is -1.22. The van der Waals surface area contributed by atoms with Crippen LogP contribution in [0.3, 0.4) is 0 Å². The number of hydrazine groups is 1. The fourth-order valence-electron chi connectivity index (χ4n) is 4.48. The minimum atomic E-state index is -1.31. The van der Waals surface area contributed by atoms with Crippen molar-refractivity contribution >= 4 is 75.6 Å². The number of aliphatic carboxylic acids is 1. The molecule has 3 aliphatic rings. The number of thioether (sulfide) groups is 2. The van der Waals surface area contributed by atoms with E-state index < -0.39 is 52.6 Å². The molecule has 0 aromatic carbocycles. The number of anilines is 1. The molecule has 0 spiro atoms. The summed E-state index contributed by atoms with van der Waals surface area (Å²) in [7, 11) is 1.64. The average molecular weight is 666 g/mol. The Bertz CT molecular complexity index is 1580. The molecular formula is C23H27N11O7S3. The van der Waals surface area contributed by atoms with Gasteiger partial charge in [-0.1, -0.05) is 11.8 Å². The van der Waals surface area contributed by atoms with Gasteiger partial charge < -0.3 is 15.2 Å². The molecular weight excluding hydrogens is 639 g/mol. The van der Waals surface area contributed by atoms with Crippen LogP contribution in [0.2, 0.25) is 0 Å². The third-order valence-corrected chi connectivity index (χ3v) is 9.51. The van der Waals surface area contributed by atoms with Crippen molar-refractivity contribution in [1.82, 2.24) is 45.4 Å². The first-order valence-corrected chi connectivity index (χ1v) is 15.9. The molecule has 2 atom stereocenters. The van der Waals surface area contributed by atoms with Gasteiger partial charge in [0, 0.05) is 30.5 Å². The summed E-state index contributed by atoms with van der Waals surface area (Å²) in [4.78, 5) is 69.8. The quantitative estimate of drug-likeness (QED) is 0.163. The highest BCUT2D eigenvalue weighted by atomic mass is 32.2. The van der Waals surface area contributed by atoms with Crippen LogP contribution < -0.4 is 10.6 Å². The molecule has 0 saturated carbocycles. The van der Waals surface area contributed by atoms with E-state index in [4.69, 9.17) is 10.1 Å². The van der Waals surface area contributed by atoms with E-state index in [1.165, 1.54) is 33.6 Å². The van der Waals surface area contributed by atoms with E-state index in [1.807, 2.05) is 0 Å². The third-order valence-electron chi connectivity index (χ3n) is 6.33. The van der Waals surface area contributed by atoms with Gasteiger partial charge in [-0.15, -0.1) is 28.2 Å². The van der Waals surface area contributed by atoms with Crippen LogP contribution in [0.15, 0.2) is 21.8 Å². The molecule has 2 fully saturated rings. The molecule has 5 heterocycles. The van der Waals surface area contributed by atoms with Crippen LogP contribution in [0.5, 0.6) is 0 Å². The van der Waals surface area contributed by atoms with Gasteiger partial charge in [0.1, 0.15) is 28.1 Å². The number of carboxylic acid groups (broad SMARTS) is 1. The van der Waals surface area contributed by atoms with E-state index in [-0.39, 0.29) is 41.1 Å². The van der Waals surface area contributed by atoms with Crippen LogP contribution in [0, 0.1) is 5.41 Å². The number of aryl methyl sites for hydroxylation is 1. The predicted octanol–water partition coefficient (Wildman–Crippen LogP) is 0.565. The highest BCUT2D eigenvalue weighted by Crippen LogP contribution is 2.44. The molecule has 18 nitrogen and oxygen atoms in total. The van der Waals surface area contributed by atoms with Gasteiger partial charge in [-0.3, -0.25) is 25.2 Å². The number of carbonyl (C=O) groups excluding carboxylic acids is 4. The summed E-state index contributed by atoms with van der Waals surface area (Å²) in [6, 6.07) is -1.91. The van der Waals surface area contributed by atoms with Gasteiger partial charge in [-0.25, -0.2) is 34.1 Å². The standard InChI is InChI=1S/C23H27N11O7S3/c1-23(2,3)41-22(40)27-19-26-11(9-43-19)12(24)15(35)34(32-6-5-25-20(32)39)14-16(36)33-13(18(37)38)10(7-42-17(14)33)8-44-21-28-29-30-31(21)4/h9,14,17,24H,5-8H2,1-4H3,(H,25,39)(H,37,38)(H,26,27,40)/t14?,17-/m1/s1. The van der Waals surface area contributed by atoms with Gasteiger partial charge in [0.05, 0.1) is 6.54 Å². The number of urea groups is 1. The van der Waals surface area contributed by atoms with Gasteiger partial charge in [0.15, 0.2) is 11.2 Å². The summed E-state index contributed by atoms with van der Waals surface area (Å²) < 4.78 is 6.64. The molecule has 234 valence electrons. The lowest BCUT2D eigenvalue weighted by molar-refractivity contribution is -0.169. The Morgan fingerprint density at radius 3 is 2.68 bits per heavy atom. The van der Waals surface area contributed by atoms with Crippen LogP contribution in [-0.4, -0.2) is 122 Å². The molecule has 5 rings (SSSR count). The topological polar surface area (TPSA) is 229 Å². The number of hydrogen-bond donors (Lipinski definition) is 4. The minimum Gasteiger partial charge on any atom is -0.477 e. The molecule has 0 bridgehead atoms. The third kappa shape index (κ3) is 6.06. The zero-order chi connectivity index (χ0) is 31.9. The number of β-lactam (4-membered cyclic amide) rings is 1. The van der Waals surface area contributed by atoms with Crippen molar-refractivity contribution < 1.29 is 33.8 Å². The molecule has 2 aromatic rings. The fraction of sp³-hybridized carbons (Fsp3) is 0.478. The zero-order valence-corrected chi connectivity index (χ0v) is 26.2. The summed E-state index contributed by atoms with van der Waals surface area (Å²) in [5, 5.41) is 37.9. The second kappa shape index (κ2) is 12.0. The smallest absolute Gasteiger partial charge is 0.413 e. The molecule has 5 amide bonds. The van der Waals surface area contributed by atoms with Crippen molar-refractivity contribution in [1.29, 1.82) is 5.41 Å². The largest absolute Gasteiger partial charge is 0.477 e. The number of hydrogen-bond acceptors (Lipinski definition) is 14. The summed E-state index contributed by atoms with van der Waals surface area (Å²) in [6.45, 7) is 5.31. The lowest BCUT2D eigenvalue weighted by Crippen LogP contribution is -2.74. The Hall–Kier alpha value is -4.24. The summed E-state index contributed by atoms with van der Waals surface area (Å²) >= 11 is 3.41. The minimum absolute atomic E-state index is 0.0385. The first-order valence-electron chi connectivity index (χ1n) is 12.9. The number of ether oxygens (including phenoxy) is 1. The Morgan fingerprint density at radius 1 is 1.32 bits per heavy atom. The molecule has 21 heteroatoms. The molecule has 2 saturated heterocycles. The van der Waals surface area contributed by atoms with Gasteiger partial charge in [-0.05, 0) is 36.8 Å². The van der Waals surface area contributed by atoms with E-state index in [0.29, 0.717) is 10.7 Å². The highest BCUT2D eigenvalue weighted by molar-refractivity contribution is 8.01. The lowest BCUT2D eigenvalue weighted by Gasteiger charge is -2.53. The Balaban J connectivity index is 1.37. The number of aromatic nitrogens is 5. The summed E-state index contributed by atoms with van der Waals surface area (Å²) in [6.07, 6.45) is -0.769. The predicted molar refractivity (Wildman–Crippen MR) is 157 cm³/mol. The van der Waals surface area contributed by atoms with Crippen LogP contribution >= 0.6 is 34.9 Å². The van der Waals surface area contributed by atoms with E-state index in [1.54, 1.807) is 27.8 Å². The number of thiazole rings is 1. The van der Waals surface area contributed by atoms with Crippen molar-refractivity contribution in [2.45, 2.75) is 42.9 Å². The van der Waals surface area contributed by atoms with Crippen LogP contribution in [0.25, 0.3) is 0 Å². The number of carboxylic acids is 1. The maximum atomic E-state index is 13.8. The maximum absolute atomic E-state index is 13.8. The monoisotopic (exact) mass is 665 g/mol. The average Bonchev–Trinajstić information content (AvgIpc) is 3.69. The van der Waals surface area contributed by atoms with Crippen molar-refractivity contribution in [2.75, 3.05) is 29.9 Å².